The normalized spacial score (nSPS) is 20.5. The van der Waals surface area contributed by atoms with E-state index in [1.54, 1.807) is 0 Å². The summed E-state index contributed by atoms with van der Waals surface area (Å²) in [7, 11) is -1.31. The molecule has 3 nitrogen and oxygen atoms in total. The highest BCUT2D eigenvalue weighted by atomic mass is 32.2. The van der Waals surface area contributed by atoms with Crippen LogP contribution in [0.15, 0.2) is 22.3 Å². The molecule has 0 saturated heterocycles. The summed E-state index contributed by atoms with van der Waals surface area (Å²) < 4.78 is 10.3. The minimum absolute atomic E-state index is 0.302. The smallest absolute Gasteiger partial charge is 0.167 e. The number of aliphatic hydroxyl groups is 2. The Morgan fingerprint density at radius 3 is 1.75 bits per heavy atom. The van der Waals surface area contributed by atoms with E-state index in [2.05, 4.69) is 0 Å². The summed E-state index contributed by atoms with van der Waals surface area (Å²) in [6.07, 6.45) is 0. The van der Waals surface area contributed by atoms with Crippen molar-refractivity contribution < 1.29 is 14.4 Å². The van der Waals surface area contributed by atoms with E-state index in [1.165, 1.54) is 0 Å². The van der Waals surface area contributed by atoms with Gasteiger partial charge in [-0.05, 0) is 0 Å². The number of rotatable bonds is 0. The summed E-state index contributed by atoms with van der Waals surface area (Å²) in [6.45, 7) is 0. The maximum atomic E-state index is 10.3. The summed E-state index contributed by atoms with van der Waals surface area (Å²) in [5.74, 6) is -0.605. The topological polar surface area (TPSA) is 57.5 Å². The lowest BCUT2D eigenvalue weighted by atomic mass is 10.5. The van der Waals surface area contributed by atoms with E-state index >= 15 is 0 Å². The van der Waals surface area contributed by atoms with E-state index in [9.17, 15) is 4.21 Å². The molecule has 1 aliphatic heterocycles. The van der Waals surface area contributed by atoms with E-state index < -0.39 is 10.8 Å². The number of hydrogen-bond donors (Lipinski definition) is 2. The van der Waals surface area contributed by atoms with Crippen molar-refractivity contribution in [2.45, 2.75) is 0 Å². The van der Waals surface area contributed by atoms with Crippen molar-refractivity contribution in [1.29, 1.82) is 0 Å². The molecule has 0 aromatic heterocycles. The van der Waals surface area contributed by atoms with Gasteiger partial charge in [0, 0.05) is 0 Å². The van der Waals surface area contributed by atoms with Crippen LogP contribution < -0.4 is 0 Å². The van der Waals surface area contributed by atoms with Gasteiger partial charge in [0.15, 0.2) is 11.5 Å². The Morgan fingerprint density at radius 1 is 1.25 bits per heavy atom. The van der Waals surface area contributed by atoms with Crippen molar-refractivity contribution in [3.63, 3.8) is 0 Å². The van der Waals surface area contributed by atoms with E-state index in [0.29, 0.717) is 0 Å². The molecule has 0 unspecified atom stereocenters. The van der Waals surface area contributed by atoms with Crippen LogP contribution in [0.4, 0.5) is 0 Å². The Balaban J connectivity index is 2.98. The van der Waals surface area contributed by atoms with E-state index in [1.807, 2.05) is 0 Å². The highest BCUT2D eigenvalue weighted by Crippen LogP contribution is 2.12. The molecular weight excluding hydrogens is 128 g/mol. The van der Waals surface area contributed by atoms with Crippen LogP contribution in [0.25, 0.3) is 0 Å². The van der Waals surface area contributed by atoms with Crippen LogP contribution in [-0.4, -0.2) is 14.4 Å². The van der Waals surface area contributed by atoms with E-state index in [4.69, 9.17) is 10.2 Å². The quantitative estimate of drug-likeness (QED) is 0.506. The fraction of sp³-hybridized carbons (Fsp3) is 0. The minimum Gasteiger partial charge on any atom is -0.504 e. The number of aliphatic hydroxyl groups excluding tert-OH is 2. The average molecular weight is 132 g/mol. The van der Waals surface area contributed by atoms with Gasteiger partial charge in [-0.15, -0.1) is 0 Å². The Bertz CT molecular complexity index is 171. The average Bonchev–Trinajstić information content (AvgIpc) is 1.85. The molecule has 0 aliphatic carbocycles. The van der Waals surface area contributed by atoms with Crippen molar-refractivity contribution in [3.8, 4) is 0 Å². The summed E-state index contributed by atoms with van der Waals surface area (Å²) in [4.78, 5) is 0. The van der Waals surface area contributed by atoms with Gasteiger partial charge in [-0.1, -0.05) is 0 Å². The van der Waals surface area contributed by atoms with Crippen LogP contribution in [0.2, 0.25) is 0 Å². The number of hydrogen-bond acceptors (Lipinski definition) is 3. The molecule has 1 aliphatic rings. The Hall–Kier alpha value is -0.770. The van der Waals surface area contributed by atoms with Crippen LogP contribution >= 0.6 is 0 Å². The fourth-order valence-electron chi connectivity index (χ4n) is 0.375. The Labute approximate surface area is 48.4 Å². The third-order valence-corrected chi connectivity index (χ3v) is 1.63. The molecule has 0 saturated carbocycles. The standard InChI is InChI=1S/C4H4O3S/c5-3-1-8(7)2-4(3)6/h1-2,5-6H. The molecule has 1 heterocycles. The predicted molar refractivity (Wildman–Crippen MR) is 29.6 cm³/mol. The summed E-state index contributed by atoms with van der Waals surface area (Å²) >= 11 is 0. The molecule has 1 rings (SSSR count). The maximum absolute atomic E-state index is 10.3. The van der Waals surface area contributed by atoms with Gasteiger partial charge in [0.05, 0.1) is 21.6 Å². The third-order valence-electron chi connectivity index (χ3n) is 0.718. The second kappa shape index (κ2) is 1.63. The van der Waals surface area contributed by atoms with Crippen molar-refractivity contribution >= 4 is 10.8 Å². The van der Waals surface area contributed by atoms with Crippen LogP contribution in [-0.2, 0) is 10.8 Å². The zero-order valence-corrected chi connectivity index (χ0v) is 4.68. The molecule has 0 aromatic rings. The van der Waals surface area contributed by atoms with Gasteiger partial charge in [0.25, 0.3) is 0 Å². The molecule has 44 valence electrons. The van der Waals surface area contributed by atoms with Crippen molar-refractivity contribution in [1.82, 2.24) is 0 Å². The predicted octanol–water partition coefficient (Wildman–Crippen LogP) is 0.547. The molecule has 0 spiro atoms. The van der Waals surface area contributed by atoms with Gasteiger partial charge < -0.3 is 10.2 Å². The zero-order chi connectivity index (χ0) is 6.15. The minimum atomic E-state index is -1.31. The van der Waals surface area contributed by atoms with Gasteiger partial charge in [0.1, 0.15) is 0 Å². The molecule has 0 radical (unpaired) electrons. The molecular formula is C4H4O3S. The first-order valence-electron chi connectivity index (χ1n) is 1.91. The highest BCUT2D eigenvalue weighted by molar-refractivity contribution is 7.91. The van der Waals surface area contributed by atoms with Crippen molar-refractivity contribution in [2.75, 3.05) is 0 Å². The largest absolute Gasteiger partial charge is 0.504 e. The highest BCUT2D eigenvalue weighted by Gasteiger charge is 2.09. The molecule has 0 atom stereocenters. The van der Waals surface area contributed by atoms with Gasteiger partial charge in [-0.2, -0.15) is 0 Å². The van der Waals surface area contributed by atoms with Crippen LogP contribution in [0, 0.1) is 0 Å². The van der Waals surface area contributed by atoms with Gasteiger partial charge in [-0.3, -0.25) is 4.21 Å². The molecule has 4 heteroatoms. The van der Waals surface area contributed by atoms with Gasteiger partial charge >= 0.3 is 0 Å². The lowest BCUT2D eigenvalue weighted by molar-refractivity contribution is 0.330. The summed E-state index contributed by atoms with van der Waals surface area (Å²) in [6, 6.07) is 0. The van der Waals surface area contributed by atoms with Gasteiger partial charge in [-0.25, -0.2) is 0 Å². The molecule has 0 aromatic carbocycles. The van der Waals surface area contributed by atoms with E-state index in [0.717, 1.165) is 10.8 Å². The maximum Gasteiger partial charge on any atom is 0.167 e. The van der Waals surface area contributed by atoms with Crippen LogP contribution in [0.1, 0.15) is 0 Å². The Kier molecular flexibility index (Phi) is 1.09. The lowest BCUT2D eigenvalue weighted by Crippen LogP contribution is -1.78. The second-order valence-electron chi connectivity index (χ2n) is 1.33. The molecule has 0 fully saturated rings. The third kappa shape index (κ3) is 0.742. The first-order chi connectivity index (χ1) is 3.70. The second-order valence-corrected chi connectivity index (χ2v) is 2.46. The van der Waals surface area contributed by atoms with E-state index in [-0.39, 0.29) is 11.5 Å². The van der Waals surface area contributed by atoms with Crippen molar-refractivity contribution in [2.24, 2.45) is 0 Å². The zero-order valence-electron chi connectivity index (χ0n) is 3.87. The van der Waals surface area contributed by atoms with Crippen LogP contribution in [0.3, 0.4) is 0 Å². The SMILES string of the molecule is O=S1C=C(O)C(O)=C1. The van der Waals surface area contributed by atoms with Gasteiger partial charge in [0.2, 0.25) is 0 Å². The van der Waals surface area contributed by atoms with Crippen molar-refractivity contribution in [3.05, 3.63) is 22.3 Å². The summed E-state index contributed by atoms with van der Waals surface area (Å²) in [5.41, 5.74) is 0. The first-order valence-corrected chi connectivity index (χ1v) is 3.19. The Morgan fingerprint density at radius 2 is 1.62 bits per heavy atom. The fourth-order valence-corrected chi connectivity index (χ4v) is 1.12. The molecule has 8 heavy (non-hydrogen) atoms. The van der Waals surface area contributed by atoms with Crippen LogP contribution in [0.5, 0.6) is 0 Å². The summed E-state index contributed by atoms with van der Waals surface area (Å²) in [5, 5.41) is 19.2. The molecule has 2 N–H and O–H groups in total. The monoisotopic (exact) mass is 132 g/mol. The lowest BCUT2D eigenvalue weighted by Gasteiger charge is -1.84. The first kappa shape index (κ1) is 5.37. The molecule has 0 bridgehead atoms. The molecule has 0 amide bonds.